The summed E-state index contributed by atoms with van der Waals surface area (Å²) in [6.45, 7) is 4.20. The molecule has 0 N–H and O–H groups in total. The smallest absolute Gasteiger partial charge is 0.309 e. The molecule has 0 aliphatic carbocycles. The number of thioether (sulfide) groups is 2. The van der Waals surface area contributed by atoms with Gasteiger partial charge >= 0.3 is 5.97 Å². The molecule has 1 fully saturated rings. The minimum atomic E-state index is -0.483. The molecule has 27 heavy (non-hydrogen) atoms. The Hall–Kier alpha value is -1.38. The van der Waals surface area contributed by atoms with Gasteiger partial charge in [-0.1, -0.05) is 6.58 Å². The SMILES string of the molecule is C=C(CC(=O)OC)C1(c2cc3c(F)c(OC)c(OC)cc3s2)SCCCS1. The molecule has 8 heteroatoms. The monoisotopic (exact) mass is 428 g/mol. The van der Waals surface area contributed by atoms with Gasteiger partial charge in [0.15, 0.2) is 17.3 Å². The second-order valence-electron chi connectivity index (χ2n) is 5.97. The summed E-state index contributed by atoms with van der Waals surface area (Å²) in [4.78, 5) is 12.8. The van der Waals surface area contributed by atoms with Crippen LogP contribution in [0.4, 0.5) is 4.39 Å². The molecule has 0 amide bonds. The van der Waals surface area contributed by atoms with E-state index in [0.29, 0.717) is 11.1 Å². The average Bonchev–Trinajstić information content (AvgIpc) is 3.13. The van der Waals surface area contributed by atoms with Crippen molar-refractivity contribution in [2.45, 2.75) is 16.9 Å². The molecule has 1 aliphatic rings. The number of halogens is 1. The molecule has 1 aliphatic heterocycles. The molecule has 0 atom stereocenters. The largest absolute Gasteiger partial charge is 0.493 e. The lowest BCUT2D eigenvalue weighted by Crippen LogP contribution is -2.25. The van der Waals surface area contributed by atoms with Gasteiger partial charge in [-0.25, -0.2) is 4.39 Å². The molecule has 1 saturated heterocycles. The lowest BCUT2D eigenvalue weighted by molar-refractivity contribution is -0.139. The summed E-state index contributed by atoms with van der Waals surface area (Å²) in [5.41, 5.74) is 0.773. The van der Waals surface area contributed by atoms with E-state index >= 15 is 0 Å². The number of esters is 1. The Morgan fingerprint density at radius 3 is 2.52 bits per heavy atom. The topological polar surface area (TPSA) is 44.8 Å². The van der Waals surface area contributed by atoms with Crippen molar-refractivity contribution >= 4 is 50.9 Å². The summed E-state index contributed by atoms with van der Waals surface area (Å²) in [5.74, 6) is 1.62. The van der Waals surface area contributed by atoms with Crippen LogP contribution in [0.15, 0.2) is 24.3 Å². The number of rotatable bonds is 6. The van der Waals surface area contributed by atoms with Crippen molar-refractivity contribution in [1.29, 1.82) is 0 Å². The predicted molar refractivity (Wildman–Crippen MR) is 112 cm³/mol. The fourth-order valence-electron chi connectivity index (χ4n) is 3.02. The molecule has 1 aromatic heterocycles. The lowest BCUT2D eigenvalue weighted by atomic mass is 10.1. The van der Waals surface area contributed by atoms with Crippen molar-refractivity contribution in [3.63, 3.8) is 0 Å². The number of ether oxygens (including phenoxy) is 3. The number of carbonyl (C=O) groups is 1. The van der Waals surface area contributed by atoms with Gasteiger partial charge < -0.3 is 14.2 Å². The average molecular weight is 429 g/mol. The van der Waals surface area contributed by atoms with Crippen LogP contribution in [-0.4, -0.2) is 38.8 Å². The Balaban J connectivity index is 2.12. The van der Waals surface area contributed by atoms with E-state index in [2.05, 4.69) is 6.58 Å². The van der Waals surface area contributed by atoms with Crippen molar-refractivity contribution in [2.24, 2.45) is 0 Å². The standard InChI is InChI=1S/C19H21FO4S3/c1-11(8-16(21)23-3)19(25-6-5-7-26-19)15-9-12-14(27-15)10-13(22-2)18(24-4)17(12)20/h9-10H,1,5-8H2,2-4H3. The van der Waals surface area contributed by atoms with Crippen LogP contribution in [0.1, 0.15) is 17.7 Å². The van der Waals surface area contributed by atoms with E-state index in [1.807, 2.05) is 6.07 Å². The highest BCUT2D eigenvalue weighted by molar-refractivity contribution is 8.18. The molecule has 4 nitrogen and oxygen atoms in total. The fourth-order valence-corrected chi connectivity index (χ4v) is 7.86. The third-order valence-corrected chi connectivity index (χ3v) is 9.36. The number of fused-ring (bicyclic) bond motifs is 1. The van der Waals surface area contributed by atoms with Crippen LogP contribution in [0.2, 0.25) is 0 Å². The summed E-state index contributed by atoms with van der Waals surface area (Å²) >= 11 is 4.99. The molecule has 2 aromatic rings. The number of thiophene rings is 1. The van der Waals surface area contributed by atoms with Gasteiger partial charge in [0.05, 0.1) is 27.8 Å². The molecule has 0 radical (unpaired) electrons. The summed E-state index contributed by atoms with van der Waals surface area (Å²) in [6.07, 6.45) is 1.23. The Kier molecular flexibility index (Phi) is 6.28. The van der Waals surface area contributed by atoms with Crippen molar-refractivity contribution < 1.29 is 23.4 Å². The summed E-state index contributed by atoms with van der Waals surface area (Å²) in [7, 11) is 4.29. The van der Waals surface area contributed by atoms with E-state index in [4.69, 9.17) is 14.2 Å². The lowest BCUT2D eigenvalue weighted by Gasteiger charge is -2.36. The zero-order valence-electron chi connectivity index (χ0n) is 15.4. The summed E-state index contributed by atoms with van der Waals surface area (Å²) in [5, 5.41) is 0.490. The Labute approximate surface area is 170 Å². The number of benzene rings is 1. The van der Waals surface area contributed by atoms with Gasteiger partial charge in [0, 0.05) is 21.0 Å². The predicted octanol–water partition coefficient (Wildman–Crippen LogP) is 5.20. The van der Waals surface area contributed by atoms with E-state index in [1.165, 1.54) is 32.7 Å². The van der Waals surface area contributed by atoms with Gasteiger partial charge in [-0.3, -0.25) is 4.79 Å². The Bertz CT molecular complexity index is 871. The van der Waals surface area contributed by atoms with Crippen molar-refractivity contribution in [2.75, 3.05) is 32.8 Å². The van der Waals surface area contributed by atoms with Gasteiger partial charge in [0.25, 0.3) is 0 Å². The first-order valence-electron chi connectivity index (χ1n) is 8.34. The third kappa shape index (κ3) is 3.67. The first-order chi connectivity index (χ1) is 13.0. The Morgan fingerprint density at radius 2 is 1.93 bits per heavy atom. The van der Waals surface area contributed by atoms with Crippen molar-refractivity contribution in [1.82, 2.24) is 0 Å². The highest BCUT2D eigenvalue weighted by atomic mass is 32.2. The molecule has 1 aromatic carbocycles. The van der Waals surface area contributed by atoms with Gasteiger partial charge in [-0.15, -0.1) is 34.9 Å². The second kappa shape index (κ2) is 8.32. The zero-order chi connectivity index (χ0) is 19.6. The number of hydrogen-bond donors (Lipinski definition) is 0. The maximum atomic E-state index is 15.0. The molecular formula is C19H21FO4S3. The van der Waals surface area contributed by atoms with Crippen LogP contribution in [0, 0.1) is 5.82 Å². The van der Waals surface area contributed by atoms with E-state index in [0.717, 1.165) is 33.1 Å². The quantitative estimate of drug-likeness (QED) is 0.465. The zero-order valence-corrected chi connectivity index (χ0v) is 17.9. The first-order valence-corrected chi connectivity index (χ1v) is 11.1. The van der Waals surface area contributed by atoms with Crippen LogP contribution in [0.5, 0.6) is 11.5 Å². The molecule has 0 unspecified atom stereocenters. The van der Waals surface area contributed by atoms with Crippen LogP contribution in [-0.2, 0) is 13.6 Å². The second-order valence-corrected chi connectivity index (χ2v) is 9.93. The maximum absolute atomic E-state index is 15.0. The maximum Gasteiger partial charge on any atom is 0.309 e. The number of carbonyl (C=O) groups excluding carboxylic acids is 1. The van der Waals surface area contributed by atoms with Crippen LogP contribution >= 0.6 is 34.9 Å². The third-order valence-electron chi connectivity index (χ3n) is 4.38. The minimum absolute atomic E-state index is 0.0979. The van der Waals surface area contributed by atoms with E-state index in [1.54, 1.807) is 29.6 Å². The van der Waals surface area contributed by atoms with Crippen LogP contribution in [0.25, 0.3) is 10.1 Å². The summed E-state index contributed by atoms with van der Waals surface area (Å²) in [6, 6.07) is 3.64. The van der Waals surface area contributed by atoms with Gasteiger partial charge in [0.1, 0.15) is 4.08 Å². The van der Waals surface area contributed by atoms with Gasteiger partial charge in [0.2, 0.25) is 0 Å². The minimum Gasteiger partial charge on any atom is -0.493 e. The molecule has 0 saturated carbocycles. The van der Waals surface area contributed by atoms with Crippen molar-refractivity contribution in [3.05, 3.63) is 35.0 Å². The van der Waals surface area contributed by atoms with Gasteiger partial charge in [-0.05, 0) is 29.6 Å². The highest BCUT2D eigenvalue weighted by Gasteiger charge is 2.41. The molecule has 3 rings (SSSR count). The van der Waals surface area contributed by atoms with E-state index in [-0.39, 0.29) is 18.1 Å². The van der Waals surface area contributed by atoms with Crippen molar-refractivity contribution in [3.8, 4) is 11.5 Å². The highest BCUT2D eigenvalue weighted by Crippen LogP contribution is 2.58. The molecule has 0 bridgehead atoms. The molecule has 0 spiro atoms. The van der Waals surface area contributed by atoms with Crippen LogP contribution < -0.4 is 9.47 Å². The van der Waals surface area contributed by atoms with Crippen LogP contribution in [0.3, 0.4) is 0 Å². The van der Waals surface area contributed by atoms with E-state index < -0.39 is 9.90 Å². The molecular weight excluding hydrogens is 407 g/mol. The number of hydrogen-bond acceptors (Lipinski definition) is 7. The fraction of sp³-hybridized carbons (Fsp3) is 0.421. The molecule has 146 valence electrons. The molecule has 2 heterocycles. The van der Waals surface area contributed by atoms with E-state index in [9.17, 15) is 9.18 Å². The Morgan fingerprint density at radius 1 is 1.22 bits per heavy atom. The summed E-state index contributed by atoms with van der Waals surface area (Å²) < 4.78 is 30.6. The van der Waals surface area contributed by atoms with Gasteiger partial charge in [-0.2, -0.15) is 0 Å². The number of methoxy groups -OCH3 is 3. The first kappa shape index (κ1) is 20.4. The normalized spacial score (nSPS) is 16.1.